The van der Waals surface area contributed by atoms with Gasteiger partial charge in [0.2, 0.25) is 0 Å². The lowest BCUT2D eigenvalue weighted by molar-refractivity contribution is 0.642. The SMILES string of the molecule is Cc1ccccc1CC1(c2ccccc2C)C=C([Si](C)C)c2ccccc21. The van der Waals surface area contributed by atoms with Gasteiger partial charge in [-0.2, -0.15) is 0 Å². The van der Waals surface area contributed by atoms with E-state index in [1.54, 1.807) is 5.20 Å². The zero-order valence-electron chi connectivity index (χ0n) is 16.7. The van der Waals surface area contributed by atoms with Gasteiger partial charge in [0, 0.05) is 5.41 Å². The van der Waals surface area contributed by atoms with Gasteiger partial charge in [0.15, 0.2) is 0 Å². The van der Waals surface area contributed by atoms with Gasteiger partial charge in [-0.15, -0.1) is 0 Å². The standard InChI is InChI=1S/C26H27Si/c1-19-11-5-7-13-21(19)17-26(23-15-9-6-12-20(23)2)18-25(27(3)4)22-14-8-10-16-24(22)26/h5-16,18H,17H2,1-4H3. The number of aryl methyl sites for hydroxylation is 2. The Labute approximate surface area is 165 Å². The summed E-state index contributed by atoms with van der Waals surface area (Å²) < 4.78 is 0. The molecule has 1 heteroatoms. The number of allylic oxidation sites excluding steroid dienone is 1. The minimum atomic E-state index is -0.554. The Hall–Kier alpha value is -2.38. The van der Waals surface area contributed by atoms with Crippen LogP contribution in [0.5, 0.6) is 0 Å². The Morgan fingerprint density at radius 1 is 0.704 bits per heavy atom. The molecule has 0 nitrogen and oxygen atoms in total. The molecule has 1 aliphatic carbocycles. The van der Waals surface area contributed by atoms with Gasteiger partial charge in [-0.3, -0.25) is 0 Å². The van der Waals surface area contributed by atoms with Gasteiger partial charge in [0.05, 0.1) is 8.80 Å². The Morgan fingerprint density at radius 2 is 1.30 bits per heavy atom. The van der Waals surface area contributed by atoms with Gasteiger partial charge in [-0.05, 0) is 53.6 Å². The first-order valence-corrected chi connectivity index (χ1v) is 12.3. The summed E-state index contributed by atoms with van der Waals surface area (Å²) in [6, 6.07) is 26.9. The summed E-state index contributed by atoms with van der Waals surface area (Å²) in [5.74, 6) is 0. The molecule has 1 atom stereocenters. The summed E-state index contributed by atoms with van der Waals surface area (Å²) in [6.07, 6.45) is 3.63. The van der Waals surface area contributed by atoms with Crippen molar-refractivity contribution in [2.75, 3.05) is 0 Å². The number of hydrogen-bond donors (Lipinski definition) is 0. The van der Waals surface area contributed by atoms with Crippen molar-refractivity contribution in [3.05, 3.63) is 112 Å². The van der Waals surface area contributed by atoms with Crippen molar-refractivity contribution in [1.29, 1.82) is 0 Å². The Morgan fingerprint density at radius 3 is 1.96 bits per heavy atom. The van der Waals surface area contributed by atoms with Crippen LogP contribution in [-0.4, -0.2) is 8.80 Å². The fourth-order valence-corrected chi connectivity index (χ4v) is 5.86. The summed E-state index contributed by atoms with van der Waals surface area (Å²) in [6.45, 7) is 9.32. The molecule has 1 radical (unpaired) electrons. The molecule has 0 aliphatic heterocycles. The molecule has 0 saturated heterocycles. The first-order chi connectivity index (χ1) is 13.0. The van der Waals surface area contributed by atoms with Crippen molar-refractivity contribution in [1.82, 2.24) is 0 Å². The zero-order valence-corrected chi connectivity index (χ0v) is 17.7. The summed E-state index contributed by atoms with van der Waals surface area (Å²) in [4.78, 5) is 0. The van der Waals surface area contributed by atoms with Crippen LogP contribution in [-0.2, 0) is 11.8 Å². The van der Waals surface area contributed by atoms with E-state index in [9.17, 15) is 0 Å². The second-order valence-corrected chi connectivity index (χ2v) is 10.5. The maximum Gasteiger partial charge on any atom is 0.0796 e. The minimum Gasteiger partial charge on any atom is -0.0696 e. The highest BCUT2D eigenvalue weighted by Gasteiger charge is 2.41. The molecular weight excluding hydrogens is 340 g/mol. The molecule has 3 aromatic rings. The fraction of sp³-hybridized carbons (Fsp3) is 0.231. The quantitative estimate of drug-likeness (QED) is 0.460. The van der Waals surface area contributed by atoms with Crippen molar-refractivity contribution in [2.45, 2.75) is 38.8 Å². The molecule has 0 fully saturated rings. The van der Waals surface area contributed by atoms with Crippen LogP contribution in [0.25, 0.3) is 5.20 Å². The van der Waals surface area contributed by atoms with Crippen molar-refractivity contribution in [3.63, 3.8) is 0 Å². The maximum atomic E-state index is 2.61. The summed E-state index contributed by atoms with van der Waals surface area (Å²) in [5, 5.41) is 1.58. The van der Waals surface area contributed by atoms with Gasteiger partial charge in [0.25, 0.3) is 0 Å². The van der Waals surface area contributed by atoms with Crippen LogP contribution in [0, 0.1) is 13.8 Å². The Kier molecular flexibility index (Phi) is 4.65. The van der Waals surface area contributed by atoms with E-state index in [0.717, 1.165) is 6.42 Å². The molecule has 0 amide bonds. The second-order valence-electron chi connectivity index (χ2n) is 7.99. The molecule has 4 rings (SSSR count). The highest BCUT2D eigenvalue weighted by molar-refractivity contribution is 6.77. The molecule has 0 bridgehead atoms. The van der Waals surface area contributed by atoms with E-state index < -0.39 is 8.80 Å². The maximum absolute atomic E-state index is 2.61. The zero-order chi connectivity index (χ0) is 19.0. The number of fused-ring (bicyclic) bond motifs is 1. The van der Waals surface area contributed by atoms with Gasteiger partial charge < -0.3 is 0 Å². The number of hydrogen-bond acceptors (Lipinski definition) is 0. The van der Waals surface area contributed by atoms with Crippen LogP contribution in [0.15, 0.2) is 78.9 Å². The van der Waals surface area contributed by atoms with Crippen LogP contribution in [0.3, 0.4) is 0 Å². The number of rotatable bonds is 4. The lowest BCUT2D eigenvalue weighted by atomic mass is 9.70. The van der Waals surface area contributed by atoms with Crippen LogP contribution in [0.4, 0.5) is 0 Å². The predicted molar refractivity (Wildman–Crippen MR) is 119 cm³/mol. The fourth-order valence-electron chi connectivity index (χ4n) is 4.57. The average Bonchev–Trinajstić information content (AvgIpc) is 3.00. The molecule has 0 N–H and O–H groups in total. The lowest BCUT2D eigenvalue weighted by Crippen LogP contribution is -2.28. The first-order valence-electron chi connectivity index (χ1n) is 9.77. The largest absolute Gasteiger partial charge is 0.0796 e. The highest BCUT2D eigenvalue weighted by atomic mass is 28.3. The molecule has 0 spiro atoms. The van der Waals surface area contributed by atoms with E-state index in [0.29, 0.717) is 0 Å². The van der Waals surface area contributed by atoms with Crippen molar-refractivity contribution in [3.8, 4) is 0 Å². The minimum absolute atomic E-state index is 0.0781. The van der Waals surface area contributed by atoms with E-state index in [1.165, 1.54) is 33.4 Å². The second kappa shape index (κ2) is 6.98. The molecule has 0 heterocycles. The summed E-state index contributed by atoms with van der Waals surface area (Å²) in [5.41, 5.74) is 8.50. The number of benzene rings is 3. The van der Waals surface area contributed by atoms with Crippen molar-refractivity contribution >= 4 is 14.0 Å². The van der Waals surface area contributed by atoms with Crippen molar-refractivity contribution < 1.29 is 0 Å². The van der Waals surface area contributed by atoms with Gasteiger partial charge in [-0.25, -0.2) is 0 Å². The summed E-state index contributed by atoms with van der Waals surface area (Å²) in [7, 11) is -0.554. The highest BCUT2D eigenvalue weighted by Crippen LogP contribution is 2.49. The third kappa shape index (κ3) is 3.00. The molecule has 0 saturated carbocycles. The van der Waals surface area contributed by atoms with E-state index in [-0.39, 0.29) is 5.41 Å². The van der Waals surface area contributed by atoms with Crippen LogP contribution >= 0.6 is 0 Å². The predicted octanol–water partition coefficient (Wildman–Crippen LogP) is 6.52. The molecule has 3 aromatic carbocycles. The lowest BCUT2D eigenvalue weighted by Gasteiger charge is -2.32. The first kappa shape index (κ1) is 18.0. The normalized spacial score (nSPS) is 18.5. The summed E-state index contributed by atoms with van der Waals surface area (Å²) >= 11 is 0. The van der Waals surface area contributed by atoms with Gasteiger partial charge >= 0.3 is 0 Å². The third-order valence-corrected chi connectivity index (χ3v) is 7.47. The van der Waals surface area contributed by atoms with Gasteiger partial charge in [0.1, 0.15) is 0 Å². The third-order valence-electron chi connectivity index (χ3n) is 5.98. The topological polar surface area (TPSA) is 0 Å². The Balaban J connectivity index is 2.01. The molecule has 1 aliphatic rings. The van der Waals surface area contributed by atoms with Crippen LogP contribution < -0.4 is 0 Å². The van der Waals surface area contributed by atoms with Gasteiger partial charge in [-0.1, -0.05) is 97.2 Å². The Bertz CT molecular complexity index is 1010. The monoisotopic (exact) mass is 367 g/mol. The van der Waals surface area contributed by atoms with E-state index in [2.05, 4.69) is 106 Å². The van der Waals surface area contributed by atoms with E-state index in [4.69, 9.17) is 0 Å². The van der Waals surface area contributed by atoms with E-state index >= 15 is 0 Å². The van der Waals surface area contributed by atoms with Crippen molar-refractivity contribution in [2.24, 2.45) is 0 Å². The molecule has 1 unspecified atom stereocenters. The molecular formula is C26H27Si. The van der Waals surface area contributed by atoms with E-state index in [1.807, 2.05) is 0 Å². The smallest absolute Gasteiger partial charge is 0.0696 e. The van der Waals surface area contributed by atoms with Crippen LogP contribution in [0.1, 0.15) is 33.4 Å². The molecule has 135 valence electrons. The average molecular weight is 368 g/mol. The molecule has 27 heavy (non-hydrogen) atoms. The molecule has 0 aromatic heterocycles. The van der Waals surface area contributed by atoms with Crippen LogP contribution in [0.2, 0.25) is 13.1 Å².